The molecule has 0 bridgehead atoms. The van der Waals surface area contributed by atoms with E-state index >= 15 is 0 Å². The number of carbonyl (C=O) groups excluding carboxylic acids is 1. The molecule has 3 heteroatoms. The molecule has 1 unspecified atom stereocenters. The van der Waals surface area contributed by atoms with Crippen LogP contribution in [0, 0.1) is 11.3 Å². The summed E-state index contributed by atoms with van der Waals surface area (Å²) in [5.41, 5.74) is 0.940. The highest BCUT2D eigenvalue weighted by atomic mass is 16.3. The summed E-state index contributed by atoms with van der Waals surface area (Å²) >= 11 is 0. The summed E-state index contributed by atoms with van der Waals surface area (Å²) in [4.78, 5) is 10.4. The molecule has 1 aromatic carbocycles. The van der Waals surface area contributed by atoms with E-state index in [0.717, 1.165) is 11.8 Å². The monoisotopic (exact) mass is 175 g/mol. The third-order valence-corrected chi connectivity index (χ3v) is 1.87. The van der Waals surface area contributed by atoms with Crippen LogP contribution in [0.3, 0.4) is 0 Å². The third-order valence-electron chi connectivity index (χ3n) is 1.87. The van der Waals surface area contributed by atoms with Gasteiger partial charge in [0, 0.05) is 5.92 Å². The second-order valence-corrected chi connectivity index (χ2v) is 2.81. The van der Waals surface area contributed by atoms with Gasteiger partial charge in [-0.1, -0.05) is 13.0 Å². The van der Waals surface area contributed by atoms with Gasteiger partial charge in [-0.15, -0.1) is 0 Å². The molecule has 0 aromatic heterocycles. The summed E-state index contributed by atoms with van der Waals surface area (Å²) in [6.45, 7) is 1.74. The zero-order chi connectivity index (χ0) is 9.84. The van der Waals surface area contributed by atoms with Gasteiger partial charge in [0.15, 0.2) is 0 Å². The fourth-order valence-corrected chi connectivity index (χ4v) is 1.01. The number of nitrogens with zero attached hydrogens (tertiary/aromatic N) is 1. The minimum atomic E-state index is -0.243. The van der Waals surface area contributed by atoms with Gasteiger partial charge in [0.2, 0.25) is 0 Å². The molecule has 0 saturated carbocycles. The van der Waals surface area contributed by atoms with E-state index in [-0.39, 0.29) is 17.2 Å². The number of nitriles is 1. The van der Waals surface area contributed by atoms with Gasteiger partial charge < -0.3 is 9.90 Å². The van der Waals surface area contributed by atoms with Crippen LogP contribution >= 0.6 is 0 Å². The average Bonchev–Trinajstić information content (AvgIpc) is 2.17. The predicted molar refractivity (Wildman–Crippen MR) is 47.3 cm³/mol. The quantitative estimate of drug-likeness (QED) is 0.694. The molecule has 0 fully saturated rings. The Morgan fingerprint density at radius 3 is 2.85 bits per heavy atom. The molecule has 1 atom stereocenters. The van der Waals surface area contributed by atoms with E-state index in [9.17, 15) is 9.90 Å². The van der Waals surface area contributed by atoms with E-state index in [0.29, 0.717) is 0 Å². The van der Waals surface area contributed by atoms with Gasteiger partial charge in [-0.2, -0.15) is 5.26 Å². The number of hydrogen-bond donors (Lipinski definition) is 1. The van der Waals surface area contributed by atoms with Gasteiger partial charge in [0.05, 0.1) is 5.56 Å². The van der Waals surface area contributed by atoms with Gasteiger partial charge >= 0.3 is 0 Å². The van der Waals surface area contributed by atoms with Crippen LogP contribution in [-0.4, -0.2) is 11.4 Å². The van der Waals surface area contributed by atoms with Gasteiger partial charge in [0.1, 0.15) is 18.1 Å². The topological polar surface area (TPSA) is 61.1 Å². The highest BCUT2D eigenvalue weighted by Crippen LogP contribution is 2.21. The molecule has 0 saturated heterocycles. The van der Waals surface area contributed by atoms with Gasteiger partial charge in [-0.05, 0) is 17.7 Å². The van der Waals surface area contributed by atoms with Crippen molar-refractivity contribution in [2.45, 2.75) is 12.8 Å². The summed E-state index contributed by atoms with van der Waals surface area (Å²) in [6, 6.07) is 6.43. The maximum atomic E-state index is 10.4. The molecule has 0 spiro atoms. The van der Waals surface area contributed by atoms with Crippen LogP contribution in [0.15, 0.2) is 18.2 Å². The van der Waals surface area contributed by atoms with E-state index in [1.807, 2.05) is 6.07 Å². The number of aromatic hydroxyl groups is 1. The molecule has 1 N–H and O–H groups in total. The minimum Gasteiger partial charge on any atom is -0.507 e. The number of rotatable bonds is 2. The molecule has 66 valence electrons. The summed E-state index contributed by atoms with van der Waals surface area (Å²) in [7, 11) is 0. The molecular formula is C10H9NO2. The summed E-state index contributed by atoms with van der Waals surface area (Å²) in [5.74, 6) is -0.294. The SMILES string of the molecule is CC(C=O)c1ccc(O)c(C#N)c1. The van der Waals surface area contributed by atoms with Crippen LogP contribution in [0.5, 0.6) is 5.75 Å². The zero-order valence-corrected chi connectivity index (χ0v) is 7.19. The Kier molecular flexibility index (Phi) is 2.65. The zero-order valence-electron chi connectivity index (χ0n) is 7.19. The Morgan fingerprint density at radius 1 is 1.62 bits per heavy atom. The van der Waals surface area contributed by atoms with Gasteiger partial charge in [0.25, 0.3) is 0 Å². The van der Waals surface area contributed by atoms with E-state index < -0.39 is 0 Å². The van der Waals surface area contributed by atoms with Gasteiger partial charge in [-0.25, -0.2) is 0 Å². The second-order valence-electron chi connectivity index (χ2n) is 2.81. The number of hydrogen-bond acceptors (Lipinski definition) is 3. The fraction of sp³-hybridized carbons (Fsp3) is 0.200. The van der Waals surface area contributed by atoms with Crippen molar-refractivity contribution < 1.29 is 9.90 Å². The second kappa shape index (κ2) is 3.72. The van der Waals surface area contributed by atoms with Crippen molar-refractivity contribution in [2.75, 3.05) is 0 Å². The summed E-state index contributed by atoms with van der Waals surface area (Å²) in [5, 5.41) is 17.8. The number of phenols is 1. The Labute approximate surface area is 76.2 Å². The molecule has 0 aliphatic heterocycles. The molecule has 13 heavy (non-hydrogen) atoms. The highest BCUT2D eigenvalue weighted by Gasteiger charge is 2.06. The Morgan fingerprint density at radius 2 is 2.31 bits per heavy atom. The molecule has 0 heterocycles. The lowest BCUT2D eigenvalue weighted by Crippen LogP contribution is -1.94. The van der Waals surface area contributed by atoms with Crippen molar-refractivity contribution in [3.05, 3.63) is 29.3 Å². The van der Waals surface area contributed by atoms with Crippen LogP contribution in [0.4, 0.5) is 0 Å². The highest BCUT2D eigenvalue weighted by molar-refractivity contribution is 5.62. The van der Waals surface area contributed by atoms with Crippen molar-refractivity contribution >= 4 is 6.29 Å². The first-order valence-corrected chi connectivity index (χ1v) is 3.87. The molecule has 1 aromatic rings. The van der Waals surface area contributed by atoms with Crippen molar-refractivity contribution in [3.8, 4) is 11.8 Å². The van der Waals surface area contributed by atoms with Crippen molar-refractivity contribution in [2.24, 2.45) is 0 Å². The van der Waals surface area contributed by atoms with Gasteiger partial charge in [-0.3, -0.25) is 0 Å². The number of aldehydes is 1. The van der Waals surface area contributed by atoms with E-state index in [1.165, 1.54) is 12.1 Å². The maximum Gasteiger partial charge on any atom is 0.133 e. The van der Waals surface area contributed by atoms with Crippen molar-refractivity contribution in [1.82, 2.24) is 0 Å². The summed E-state index contributed by atoms with van der Waals surface area (Å²) in [6.07, 6.45) is 0.799. The predicted octanol–water partition coefficient (Wildman–Crippen LogP) is 1.57. The Balaban J connectivity index is 3.15. The molecule has 1 rings (SSSR count). The first kappa shape index (κ1) is 9.27. The van der Waals surface area contributed by atoms with Crippen molar-refractivity contribution in [1.29, 1.82) is 5.26 Å². The fourth-order valence-electron chi connectivity index (χ4n) is 1.01. The molecular weight excluding hydrogens is 166 g/mol. The average molecular weight is 175 g/mol. The van der Waals surface area contributed by atoms with Crippen molar-refractivity contribution in [3.63, 3.8) is 0 Å². The van der Waals surface area contributed by atoms with Crippen LogP contribution in [0.2, 0.25) is 0 Å². The minimum absolute atomic E-state index is 0.0515. The lowest BCUT2D eigenvalue weighted by atomic mass is 10.0. The van der Waals surface area contributed by atoms with Crippen LogP contribution in [0.1, 0.15) is 24.0 Å². The Bertz CT molecular complexity index is 366. The normalized spacial score (nSPS) is 11.7. The van der Waals surface area contributed by atoms with E-state index in [2.05, 4.69) is 0 Å². The molecule has 0 aliphatic rings. The standard InChI is InChI=1S/C10H9NO2/c1-7(6-12)8-2-3-10(13)9(4-8)5-11/h2-4,6-7,13H,1H3. The van der Waals surface area contributed by atoms with Crippen LogP contribution < -0.4 is 0 Å². The van der Waals surface area contributed by atoms with E-state index in [1.54, 1.807) is 13.0 Å². The number of carbonyl (C=O) groups is 1. The number of benzene rings is 1. The van der Waals surface area contributed by atoms with Crippen LogP contribution in [-0.2, 0) is 4.79 Å². The lowest BCUT2D eigenvalue weighted by Gasteiger charge is -2.04. The molecule has 3 nitrogen and oxygen atoms in total. The Hall–Kier alpha value is -1.82. The van der Waals surface area contributed by atoms with Crippen LogP contribution in [0.25, 0.3) is 0 Å². The summed E-state index contributed by atoms with van der Waals surface area (Å²) < 4.78 is 0. The first-order chi connectivity index (χ1) is 6.19. The first-order valence-electron chi connectivity index (χ1n) is 3.87. The van der Waals surface area contributed by atoms with E-state index in [4.69, 9.17) is 5.26 Å². The number of phenolic OH excluding ortho intramolecular Hbond substituents is 1. The maximum absolute atomic E-state index is 10.4. The third kappa shape index (κ3) is 1.85. The lowest BCUT2D eigenvalue weighted by molar-refractivity contribution is -0.108. The molecule has 0 amide bonds. The molecule has 0 aliphatic carbocycles. The largest absolute Gasteiger partial charge is 0.507 e. The molecule has 0 radical (unpaired) electrons. The smallest absolute Gasteiger partial charge is 0.133 e.